The van der Waals surface area contributed by atoms with Crippen molar-refractivity contribution in [2.45, 2.75) is 19.8 Å². The lowest BCUT2D eigenvalue weighted by Gasteiger charge is -2.37. The van der Waals surface area contributed by atoms with E-state index in [1.165, 1.54) is 18.5 Å². The van der Waals surface area contributed by atoms with Gasteiger partial charge in [-0.15, -0.1) is 0 Å². The van der Waals surface area contributed by atoms with Crippen molar-refractivity contribution in [3.05, 3.63) is 24.3 Å². The van der Waals surface area contributed by atoms with Gasteiger partial charge in [-0.1, -0.05) is 0 Å². The zero-order valence-corrected chi connectivity index (χ0v) is 14.3. The second-order valence-corrected chi connectivity index (χ2v) is 6.31. The quantitative estimate of drug-likeness (QED) is 0.668. The first-order valence-electron chi connectivity index (χ1n) is 8.72. The van der Waals surface area contributed by atoms with E-state index in [9.17, 15) is 0 Å². The maximum absolute atomic E-state index is 5.23. The van der Waals surface area contributed by atoms with Crippen molar-refractivity contribution < 1.29 is 4.74 Å². The molecular formula is C18H28N4O. The number of piperazine rings is 1. The Labute approximate surface area is 139 Å². The minimum absolute atomic E-state index is 0.837. The second-order valence-electron chi connectivity index (χ2n) is 6.31. The molecule has 1 aliphatic heterocycles. The molecule has 1 N–H and O–H groups in total. The van der Waals surface area contributed by atoms with Gasteiger partial charge in [-0.3, -0.25) is 4.99 Å². The average Bonchev–Trinajstić information content (AvgIpc) is 3.43. The van der Waals surface area contributed by atoms with Crippen molar-refractivity contribution in [1.29, 1.82) is 0 Å². The Morgan fingerprint density at radius 3 is 2.43 bits per heavy atom. The number of hydrogen-bond acceptors (Lipinski definition) is 3. The van der Waals surface area contributed by atoms with Crippen molar-refractivity contribution in [1.82, 2.24) is 10.2 Å². The van der Waals surface area contributed by atoms with Crippen molar-refractivity contribution in [2.75, 3.05) is 51.3 Å². The highest BCUT2D eigenvalue weighted by atomic mass is 16.5. The molecule has 126 valence electrons. The Balaban J connectivity index is 1.56. The van der Waals surface area contributed by atoms with E-state index < -0.39 is 0 Å². The summed E-state index contributed by atoms with van der Waals surface area (Å²) in [6.07, 6.45) is 2.71. The summed E-state index contributed by atoms with van der Waals surface area (Å²) in [7, 11) is 1.71. The lowest BCUT2D eigenvalue weighted by Crippen LogP contribution is -2.52. The zero-order valence-electron chi connectivity index (χ0n) is 14.3. The number of anilines is 1. The van der Waals surface area contributed by atoms with E-state index in [1.54, 1.807) is 7.11 Å². The lowest BCUT2D eigenvalue weighted by atomic mass is 10.2. The highest BCUT2D eigenvalue weighted by Gasteiger charge is 2.23. The van der Waals surface area contributed by atoms with Gasteiger partial charge in [0.1, 0.15) is 5.75 Å². The van der Waals surface area contributed by atoms with E-state index in [2.05, 4.69) is 34.2 Å². The predicted octanol–water partition coefficient (Wildman–Crippen LogP) is 2.19. The third-order valence-corrected chi connectivity index (χ3v) is 4.55. The molecule has 0 bridgehead atoms. The van der Waals surface area contributed by atoms with E-state index in [1.807, 2.05) is 12.1 Å². The molecule has 1 aliphatic carbocycles. The minimum atomic E-state index is 0.837. The maximum Gasteiger partial charge on any atom is 0.194 e. The van der Waals surface area contributed by atoms with Gasteiger partial charge in [0.15, 0.2) is 5.96 Å². The molecule has 0 spiro atoms. The van der Waals surface area contributed by atoms with Crippen LogP contribution in [0.1, 0.15) is 19.8 Å². The molecule has 2 fully saturated rings. The topological polar surface area (TPSA) is 40.1 Å². The molecule has 23 heavy (non-hydrogen) atoms. The Morgan fingerprint density at radius 1 is 1.17 bits per heavy atom. The number of nitrogens with zero attached hydrogens (tertiary/aromatic N) is 3. The monoisotopic (exact) mass is 316 g/mol. The third kappa shape index (κ3) is 4.30. The SMILES string of the molecule is CCNC(=NCC1CC1)N1CCN(c2ccc(OC)cc2)CC1. The molecule has 1 heterocycles. The van der Waals surface area contributed by atoms with Gasteiger partial charge in [0.25, 0.3) is 0 Å². The summed E-state index contributed by atoms with van der Waals surface area (Å²) in [5.74, 6) is 2.84. The third-order valence-electron chi connectivity index (χ3n) is 4.55. The van der Waals surface area contributed by atoms with Crippen LogP contribution < -0.4 is 15.0 Å². The number of ether oxygens (including phenoxy) is 1. The largest absolute Gasteiger partial charge is 0.497 e. The molecule has 0 atom stereocenters. The number of aliphatic imine (C=N–C) groups is 1. The van der Waals surface area contributed by atoms with E-state index in [0.29, 0.717) is 0 Å². The predicted molar refractivity (Wildman–Crippen MR) is 95.5 cm³/mol. The van der Waals surface area contributed by atoms with Gasteiger partial charge in [-0.25, -0.2) is 0 Å². The van der Waals surface area contributed by atoms with Crippen LogP contribution in [-0.2, 0) is 0 Å². The van der Waals surface area contributed by atoms with Crippen LogP contribution in [-0.4, -0.2) is 57.2 Å². The number of hydrogen-bond donors (Lipinski definition) is 1. The summed E-state index contributed by atoms with van der Waals surface area (Å²) in [6.45, 7) is 8.15. The summed E-state index contributed by atoms with van der Waals surface area (Å²) < 4.78 is 5.23. The molecule has 5 heteroatoms. The molecular weight excluding hydrogens is 288 g/mol. The molecule has 0 radical (unpaired) electrons. The van der Waals surface area contributed by atoms with Crippen LogP contribution in [0, 0.1) is 5.92 Å². The number of rotatable bonds is 5. The second kappa shape index (κ2) is 7.57. The molecule has 3 rings (SSSR count). The highest BCUT2D eigenvalue weighted by molar-refractivity contribution is 5.80. The number of methoxy groups -OCH3 is 1. The molecule has 0 amide bonds. The fourth-order valence-corrected chi connectivity index (χ4v) is 2.91. The molecule has 1 aromatic rings. The summed E-state index contributed by atoms with van der Waals surface area (Å²) >= 11 is 0. The Kier molecular flexibility index (Phi) is 5.26. The van der Waals surface area contributed by atoms with Gasteiger partial charge in [0.2, 0.25) is 0 Å². The molecule has 5 nitrogen and oxygen atoms in total. The number of guanidine groups is 1. The van der Waals surface area contributed by atoms with Gasteiger partial charge in [-0.2, -0.15) is 0 Å². The van der Waals surface area contributed by atoms with E-state index in [4.69, 9.17) is 9.73 Å². The number of benzene rings is 1. The summed E-state index contributed by atoms with van der Waals surface area (Å²) in [5, 5.41) is 3.45. The van der Waals surface area contributed by atoms with Crippen LogP contribution in [0.5, 0.6) is 5.75 Å². The van der Waals surface area contributed by atoms with Crippen molar-refractivity contribution in [2.24, 2.45) is 10.9 Å². The summed E-state index contributed by atoms with van der Waals surface area (Å²) in [6, 6.07) is 8.34. The van der Waals surface area contributed by atoms with E-state index in [0.717, 1.165) is 56.9 Å². The Bertz CT molecular complexity index is 516. The van der Waals surface area contributed by atoms with Crippen LogP contribution in [0.25, 0.3) is 0 Å². The fourth-order valence-electron chi connectivity index (χ4n) is 2.91. The highest BCUT2D eigenvalue weighted by Crippen LogP contribution is 2.29. The van der Waals surface area contributed by atoms with Gasteiger partial charge in [0, 0.05) is 45.0 Å². The molecule has 2 aliphatic rings. The Hall–Kier alpha value is -1.91. The first-order chi connectivity index (χ1) is 11.3. The lowest BCUT2D eigenvalue weighted by molar-refractivity contribution is 0.372. The average molecular weight is 316 g/mol. The van der Waals surface area contributed by atoms with Crippen LogP contribution in [0.4, 0.5) is 5.69 Å². The first kappa shape index (κ1) is 16.0. The van der Waals surface area contributed by atoms with Crippen molar-refractivity contribution in [3.63, 3.8) is 0 Å². The Morgan fingerprint density at radius 2 is 1.87 bits per heavy atom. The summed E-state index contributed by atoms with van der Waals surface area (Å²) in [5.41, 5.74) is 1.27. The van der Waals surface area contributed by atoms with Crippen LogP contribution >= 0.6 is 0 Å². The van der Waals surface area contributed by atoms with Crippen LogP contribution in [0.2, 0.25) is 0 Å². The van der Waals surface area contributed by atoms with Crippen LogP contribution in [0.3, 0.4) is 0 Å². The molecule has 1 aromatic carbocycles. The number of nitrogens with one attached hydrogen (secondary N) is 1. The van der Waals surface area contributed by atoms with Crippen molar-refractivity contribution in [3.8, 4) is 5.75 Å². The molecule has 0 aromatic heterocycles. The standard InChI is InChI=1S/C18H28N4O/c1-3-19-18(20-14-15-4-5-15)22-12-10-21(11-13-22)16-6-8-17(23-2)9-7-16/h6-9,15H,3-5,10-14H2,1-2H3,(H,19,20). The van der Waals surface area contributed by atoms with E-state index in [-0.39, 0.29) is 0 Å². The molecule has 1 saturated carbocycles. The van der Waals surface area contributed by atoms with Gasteiger partial charge in [-0.05, 0) is 49.9 Å². The van der Waals surface area contributed by atoms with Gasteiger partial charge in [0.05, 0.1) is 7.11 Å². The normalized spacial score (nSPS) is 19.0. The first-order valence-corrected chi connectivity index (χ1v) is 8.72. The molecule has 0 unspecified atom stereocenters. The van der Waals surface area contributed by atoms with Gasteiger partial charge < -0.3 is 19.9 Å². The maximum atomic E-state index is 5.23. The smallest absolute Gasteiger partial charge is 0.194 e. The van der Waals surface area contributed by atoms with Crippen LogP contribution in [0.15, 0.2) is 29.3 Å². The van der Waals surface area contributed by atoms with E-state index >= 15 is 0 Å². The zero-order chi connectivity index (χ0) is 16.1. The van der Waals surface area contributed by atoms with Crippen molar-refractivity contribution >= 4 is 11.6 Å². The fraction of sp³-hybridized carbons (Fsp3) is 0.611. The minimum Gasteiger partial charge on any atom is -0.497 e. The summed E-state index contributed by atoms with van der Waals surface area (Å²) in [4.78, 5) is 9.64. The molecule has 1 saturated heterocycles. The van der Waals surface area contributed by atoms with Gasteiger partial charge >= 0.3 is 0 Å².